The molecule has 2 aliphatic rings. The Labute approximate surface area is 160 Å². The van der Waals surface area contributed by atoms with Crippen LogP contribution < -0.4 is 14.7 Å². The van der Waals surface area contributed by atoms with E-state index in [4.69, 9.17) is 16.6 Å². The Morgan fingerprint density at radius 3 is 2.23 bits per heavy atom. The van der Waals surface area contributed by atoms with Crippen LogP contribution in [0.2, 0.25) is 5.02 Å². The summed E-state index contributed by atoms with van der Waals surface area (Å²) in [6, 6.07) is 10.1. The molecule has 0 radical (unpaired) electrons. The van der Waals surface area contributed by atoms with Crippen LogP contribution in [0, 0.1) is 0 Å². The second-order valence-electron chi connectivity index (χ2n) is 7.07. The minimum Gasteiger partial charge on any atom is -0.368 e. The van der Waals surface area contributed by atoms with Crippen molar-refractivity contribution in [2.45, 2.75) is 25.7 Å². The number of anilines is 3. The van der Waals surface area contributed by atoms with Gasteiger partial charge in [0.25, 0.3) is 0 Å². The van der Waals surface area contributed by atoms with E-state index in [9.17, 15) is 0 Å². The van der Waals surface area contributed by atoms with Gasteiger partial charge in [-0.05, 0) is 37.1 Å². The fraction of sp³-hybridized carbons (Fsp3) is 0.500. The van der Waals surface area contributed by atoms with Crippen LogP contribution >= 0.6 is 11.6 Å². The van der Waals surface area contributed by atoms with Gasteiger partial charge in [-0.2, -0.15) is 4.98 Å². The van der Waals surface area contributed by atoms with Gasteiger partial charge in [0.05, 0.1) is 0 Å². The van der Waals surface area contributed by atoms with Gasteiger partial charge in [0.15, 0.2) is 0 Å². The molecule has 2 aliphatic heterocycles. The summed E-state index contributed by atoms with van der Waals surface area (Å²) in [7, 11) is 0. The minimum atomic E-state index is 0.794. The Morgan fingerprint density at radius 2 is 1.50 bits per heavy atom. The second kappa shape index (κ2) is 8.12. The van der Waals surface area contributed by atoms with Crippen molar-refractivity contribution in [1.29, 1.82) is 0 Å². The third-order valence-corrected chi connectivity index (χ3v) is 5.53. The van der Waals surface area contributed by atoms with E-state index in [0.29, 0.717) is 0 Å². The lowest BCUT2D eigenvalue weighted by Gasteiger charge is -2.37. The van der Waals surface area contributed by atoms with Crippen molar-refractivity contribution < 1.29 is 0 Å². The molecule has 0 N–H and O–H groups in total. The zero-order valence-corrected chi connectivity index (χ0v) is 15.9. The molecule has 0 saturated carbocycles. The summed E-state index contributed by atoms with van der Waals surface area (Å²) in [5.74, 6) is 1.94. The van der Waals surface area contributed by atoms with Crippen LogP contribution in [0.5, 0.6) is 0 Å². The number of halogens is 1. The molecule has 0 atom stereocenters. The van der Waals surface area contributed by atoms with E-state index in [1.807, 2.05) is 30.5 Å². The smallest absolute Gasteiger partial charge is 0.227 e. The van der Waals surface area contributed by atoms with E-state index in [2.05, 4.69) is 25.8 Å². The molecular formula is C20H26ClN5. The Balaban J connectivity index is 1.42. The summed E-state index contributed by atoms with van der Waals surface area (Å²) >= 11 is 6.13. The highest BCUT2D eigenvalue weighted by Crippen LogP contribution is 2.23. The average molecular weight is 372 g/mol. The standard InChI is InChI=1S/C20H26ClN5/c21-17-6-5-7-18(16-17)24-12-14-25(15-13-24)19-8-9-22-20(23-19)26-10-3-1-2-4-11-26/h5-9,16H,1-4,10-15H2. The van der Waals surface area contributed by atoms with Gasteiger partial charge in [0.1, 0.15) is 5.82 Å². The Bertz CT molecular complexity index is 722. The molecule has 5 nitrogen and oxygen atoms in total. The molecule has 0 unspecified atom stereocenters. The van der Waals surface area contributed by atoms with Gasteiger partial charge in [0, 0.05) is 56.2 Å². The number of benzene rings is 1. The van der Waals surface area contributed by atoms with E-state index >= 15 is 0 Å². The maximum Gasteiger partial charge on any atom is 0.227 e. The van der Waals surface area contributed by atoms with Crippen molar-refractivity contribution in [3.05, 3.63) is 41.6 Å². The van der Waals surface area contributed by atoms with Crippen LogP contribution in [0.15, 0.2) is 36.5 Å². The predicted octanol–water partition coefficient (Wildman–Crippen LogP) is 3.84. The highest BCUT2D eigenvalue weighted by atomic mass is 35.5. The summed E-state index contributed by atoms with van der Waals surface area (Å²) in [6.07, 6.45) is 7.03. The largest absolute Gasteiger partial charge is 0.368 e. The second-order valence-corrected chi connectivity index (χ2v) is 7.51. The molecule has 26 heavy (non-hydrogen) atoms. The zero-order chi connectivity index (χ0) is 17.8. The van der Waals surface area contributed by atoms with E-state index < -0.39 is 0 Å². The van der Waals surface area contributed by atoms with Gasteiger partial charge >= 0.3 is 0 Å². The van der Waals surface area contributed by atoms with E-state index in [1.54, 1.807) is 0 Å². The molecular weight excluding hydrogens is 346 g/mol. The summed E-state index contributed by atoms with van der Waals surface area (Å²) in [4.78, 5) is 16.5. The van der Waals surface area contributed by atoms with Crippen molar-refractivity contribution in [1.82, 2.24) is 9.97 Å². The Hall–Kier alpha value is -2.01. The first-order valence-electron chi connectivity index (χ1n) is 9.63. The molecule has 2 fully saturated rings. The average Bonchev–Trinajstić information content (AvgIpc) is 2.98. The lowest BCUT2D eigenvalue weighted by atomic mass is 10.2. The quantitative estimate of drug-likeness (QED) is 0.819. The summed E-state index contributed by atoms with van der Waals surface area (Å²) in [5.41, 5.74) is 1.20. The first-order valence-corrected chi connectivity index (χ1v) is 10.0. The molecule has 0 bridgehead atoms. The molecule has 4 rings (SSSR count). The van der Waals surface area contributed by atoms with Crippen LogP contribution in [0.1, 0.15) is 25.7 Å². The number of nitrogens with zero attached hydrogens (tertiary/aromatic N) is 5. The molecule has 0 aliphatic carbocycles. The van der Waals surface area contributed by atoms with Crippen molar-refractivity contribution in [3.63, 3.8) is 0 Å². The number of piperazine rings is 1. The van der Waals surface area contributed by atoms with Gasteiger partial charge in [-0.15, -0.1) is 0 Å². The van der Waals surface area contributed by atoms with Crippen molar-refractivity contribution in [2.75, 3.05) is 54.0 Å². The van der Waals surface area contributed by atoms with E-state index in [1.165, 1.54) is 31.4 Å². The molecule has 1 aromatic carbocycles. The van der Waals surface area contributed by atoms with Gasteiger partial charge < -0.3 is 14.7 Å². The zero-order valence-electron chi connectivity index (χ0n) is 15.1. The fourth-order valence-corrected chi connectivity index (χ4v) is 3.99. The normalized spacial score (nSPS) is 18.7. The highest BCUT2D eigenvalue weighted by molar-refractivity contribution is 6.30. The maximum absolute atomic E-state index is 6.13. The molecule has 2 aromatic rings. The molecule has 6 heteroatoms. The van der Waals surface area contributed by atoms with E-state index in [0.717, 1.165) is 56.1 Å². The SMILES string of the molecule is Clc1cccc(N2CCN(c3ccnc(N4CCCCCC4)n3)CC2)c1. The van der Waals surface area contributed by atoms with Crippen molar-refractivity contribution in [3.8, 4) is 0 Å². The van der Waals surface area contributed by atoms with Crippen LogP contribution in [-0.4, -0.2) is 49.2 Å². The summed E-state index contributed by atoms with van der Waals surface area (Å²) in [5, 5.41) is 0.794. The van der Waals surface area contributed by atoms with Crippen LogP contribution in [0.4, 0.5) is 17.5 Å². The third kappa shape index (κ3) is 4.04. The van der Waals surface area contributed by atoms with Gasteiger partial charge in [0.2, 0.25) is 5.95 Å². The lowest BCUT2D eigenvalue weighted by molar-refractivity contribution is 0.645. The lowest BCUT2D eigenvalue weighted by Crippen LogP contribution is -2.47. The number of rotatable bonds is 3. The van der Waals surface area contributed by atoms with Crippen LogP contribution in [-0.2, 0) is 0 Å². The first kappa shape index (κ1) is 17.4. The van der Waals surface area contributed by atoms with Crippen LogP contribution in [0.3, 0.4) is 0 Å². The topological polar surface area (TPSA) is 35.5 Å². The minimum absolute atomic E-state index is 0.794. The van der Waals surface area contributed by atoms with Crippen molar-refractivity contribution >= 4 is 29.1 Å². The molecule has 2 saturated heterocycles. The third-order valence-electron chi connectivity index (χ3n) is 5.29. The number of aromatic nitrogens is 2. The fourth-order valence-electron chi connectivity index (χ4n) is 3.80. The van der Waals surface area contributed by atoms with Crippen LogP contribution in [0.25, 0.3) is 0 Å². The Kier molecular flexibility index (Phi) is 5.44. The van der Waals surface area contributed by atoms with Gasteiger partial charge in [-0.25, -0.2) is 4.98 Å². The number of hydrogen-bond donors (Lipinski definition) is 0. The summed E-state index contributed by atoms with van der Waals surface area (Å²) < 4.78 is 0. The molecule has 138 valence electrons. The molecule has 3 heterocycles. The number of hydrogen-bond acceptors (Lipinski definition) is 5. The predicted molar refractivity (Wildman–Crippen MR) is 109 cm³/mol. The molecule has 1 aromatic heterocycles. The maximum atomic E-state index is 6.13. The van der Waals surface area contributed by atoms with E-state index in [-0.39, 0.29) is 0 Å². The van der Waals surface area contributed by atoms with Crippen molar-refractivity contribution in [2.24, 2.45) is 0 Å². The highest BCUT2D eigenvalue weighted by Gasteiger charge is 2.20. The summed E-state index contributed by atoms with van der Waals surface area (Å²) in [6.45, 7) is 6.02. The molecule has 0 amide bonds. The Morgan fingerprint density at radius 1 is 0.769 bits per heavy atom. The first-order chi connectivity index (χ1) is 12.8. The molecule has 0 spiro atoms. The van der Waals surface area contributed by atoms with Gasteiger partial charge in [-0.1, -0.05) is 30.5 Å². The monoisotopic (exact) mass is 371 g/mol. The van der Waals surface area contributed by atoms with Gasteiger partial charge in [-0.3, -0.25) is 0 Å².